The molecule has 1 aromatic heterocycles. The highest BCUT2D eigenvalue weighted by atomic mass is 16.2. The molecule has 0 radical (unpaired) electrons. The molecule has 100 valence electrons. The first-order chi connectivity index (χ1) is 9.84. The van der Waals surface area contributed by atoms with Crippen LogP contribution >= 0.6 is 0 Å². The number of amides is 1. The number of hydrazone groups is 1. The van der Waals surface area contributed by atoms with Gasteiger partial charge in [0.1, 0.15) is 0 Å². The van der Waals surface area contributed by atoms with E-state index in [9.17, 15) is 4.79 Å². The van der Waals surface area contributed by atoms with Crippen molar-refractivity contribution in [2.24, 2.45) is 11.0 Å². The van der Waals surface area contributed by atoms with Gasteiger partial charge in [-0.15, -0.1) is 0 Å². The van der Waals surface area contributed by atoms with Gasteiger partial charge in [-0.05, 0) is 25.0 Å². The number of hydrogen-bond donors (Lipinski definition) is 1. The molecule has 0 spiro atoms. The van der Waals surface area contributed by atoms with Crippen molar-refractivity contribution in [3.63, 3.8) is 0 Å². The molecule has 1 aromatic carbocycles. The van der Waals surface area contributed by atoms with Gasteiger partial charge in [0, 0.05) is 29.4 Å². The third kappa shape index (κ3) is 2.91. The normalized spacial score (nSPS) is 14.9. The molecule has 1 aliphatic carbocycles. The lowest BCUT2D eigenvalue weighted by molar-refractivity contribution is -0.122. The van der Waals surface area contributed by atoms with Crippen molar-refractivity contribution >= 4 is 11.6 Å². The molecule has 20 heavy (non-hydrogen) atoms. The Kier molecular flexibility index (Phi) is 3.54. The summed E-state index contributed by atoms with van der Waals surface area (Å²) in [4.78, 5) is 15.9. The molecule has 0 unspecified atom stereocenters. The number of nitrogens with one attached hydrogen (secondary N) is 1. The number of carbonyl (C=O) groups excluding carboxylic acids is 1. The molecule has 1 heterocycles. The third-order valence-electron chi connectivity index (χ3n) is 3.21. The van der Waals surface area contributed by atoms with Gasteiger partial charge in [-0.25, -0.2) is 5.43 Å². The second-order valence-electron chi connectivity index (χ2n) is 4.82. The molecule has 1 amide bonds. The predicted octanol–water partition coefficient (Wildman–Crippen LogP) is 2.36. The zero-order valence-corrected chi connectivity index (χ0v) is 11.0. The lowest BCUT2D eigenvalue weighted by Gasteiger charge is -2.07. The Balaban J connectivity index is 1.91. The zero-order chi connectivity index (χ0) is 13.8. The molecule has 0 bridgehead atoms. The monoisotopic (exact) mass is 265 g/mol. The second kappa shape index (κ2) is 5.65. The van der Waals surface area contributed by atoms with Gasteiger partial charge in [0.25, 0.3) is 0 Å². The minimum Gasteiger partial charge on any atom is -0.273 e. The number of pyridine rings is 1. The summed E-state index contributed by atoms with van der Waals surface area (Å²) in [5, 5.41) is 4.30. The Morgan fingerprint density at radius 3 is 2.50 bits per heavy atom. The Morgan fingerprint density at radius 1 is 1.10 bits per heavy atom. The highest BCUT2D eigenvalue weighted by molar-refractivity contribution is 6.12. The summed E-state index contributed by atoms with van der Waals surface area (Å²) < 4.78 is 0. The summed E-state index contributed by atoms with van der Waals surface area (Å²) in [6, 6.07) is 13.6. The van der Waals surface area contributed by atoms with E-state index in [0.29, 0.717) is 0 Å². The quantitative estimate of drug-likeness (QED) is 0.681. The zero-order valence-electron chi connectivity index (χ0n) is 11.0. The van der Waals surface area contributed by atoms with Gasteiger partial charge in [0.15, 0.2) is 0 Å². The van der Waals surface area contributed by atoms with E-state index in [0.717, 1.165) is 29.7 Å². The number of nitrogens with zero attached hydrogens (tertiary/aromatic N) is 2. The molecule has 0 aliphatic heterocycles. The summed E-state index contributed by atoms with van der Waals surface area (Å²) in [6.07, 6.45) is 5.40. The van der Waals surface area contributed by atoms with Gasteiger partial charge in [-0.1, -0.05) is 30.3 Å². The van der Waals surface area contributed by atoms with Gasteiger partial charge in [-0.2, -0.15) is 5.10 Å². The van der Waals surface area contributed by atoms with Gasteiger partial charge in [0.05, 0.1) is 5.71 Å². The van der Waals surface area contributed by atoms with Crippen molar-refractivity contribution in [2.45, 2.75) is 12.8 Å². The highest BCUT2D eigenvalue weighted by Crippen LogP contribution is 2.28. The number of aromatic nitrogens is 1. The lowest BCUT2D eigenvalue weighted by Crippen LogP contribution is -2.21. The van der Waals surface area contributed by atoms with E-state index in [2.05, 4.69) is 15.5 Å². The Labute approximate surface area is 117 Å². The number of carbonyl (C=O) groups is 1. The van der Waals surface area contributed by atoms with Crippen molar-refractivity contribution in [1.82, 2.24) is 10.4 Å². The summed E-state index contributed by atoms with van der Waals surface area (Å²) in [6.45, 7) is 0. The second-order valence-corrected chi connectivity index (χ2v) is 4.82. The number of rotatable bonds is 4. The fourth-order valence-electron chi connectivity index (χ4n) is 1.94. The molecule has 1 fully saturated rings. The van der Waals surface area contributed by atoms with Crippen LogP contribution in [0.1, 0.15) is 24.0 Å². The Bertz CT molecular complexity index is 577. The Morgan fingerprint density at radius 2 is 1.85 bits per heavy atom. The largest absolute Gasteiger partial charge is 0.273 e. The van der Waals surface area contributed by atoms with Crippen molar-refractivity contribution in [3.05, 3.63) is 66.0 Å². The van der Waals surface area contributed by atoms with Crippen LogP contribution in [0, 0.1) is 5.92 Å². The fraction of sp³-hybridized carbons (Fsp3) is 0.188. The summed E-state index contributed by atoms with van der Waals surface area (Å²) in [5.74, 6) is 0.145. The minimum absolute atomic E-state index is 0.00215. The summed E-state index contributed by atoms with van der Waals surface area (Å²) >= 11 is 0. The molecule has 0 saturated heterocycles. The van der Waals surface area contributed by atoms with Gasteiger partial charge in [-0.3, -0.25) is 9.78 Å². The molecular formula is C16H15N3O. The van der Waals surface area contributed by atoms with E-state index >= 15 is 0 Å². The van der Waals surface area contributed by atoms with Crippen molar-refractivity contribution in [3.8, 4) is 0 Å². The van der Waals surface area contributed by atoms with Gasteiger partial charge in [0.2, 0.25) is 5.91 Å². The third-order valence-corrected chi connectivity index (χ3v) is 3.21. The molecule has 1 aliphatic rings. The van der Waals surface area contributed by atoms with Crippen LogP contribution in [0.3, 0.4) is 0 Å². The molecular weight excluding hydrogens is 250 g/mol. The first-order valence-corrected chi connectivity index (χ1v) is 6.68. The maximum absolute atomic E-state index is 11.7. The van der Waals surface area contributed by atoms with E-state index in [1.165, 1.54) is 0 Å². The number of hydrogen-bond acceptors (Lipinski definition) is 3. The van der Waals surface area contributed by atoms with E-state index in [-0.39, 0.29) is 11.8 Å². The Hall–Kier alpha value is -2.49. The maximum Gasteiger partial charge on any atom is 0.243 e. The summed E-state index contributed by atoms with van der Waals surface area (Å²) in [7, 11) is 0. The van der Waals surface area contributed by atoms with Crippen molar-refractivity contribution in [1.29, 1.82) is 0 Å². The van der Waals surface area contributed by atoms with Crippen LogP contribution in [0.2, 0.25) is 0 Å². The van der Waals surface area contributed by atoms with Crippen LogP contribution in [0.25, 0.3) is 0 Å². The molecule has 1 saturated carbocycles. The average molecular weight is 265 g/mol. The van der Waals surface area contributed by atoms with Crippen LogP contribution in [0.15, 0.2) is 60.0 Å². The van der Waals surface area contributed by atoms with Crippen molar-refractivity contribution < 1.29 is 4.79 Å². The first kappa shape index (κ1) is 12.5. The maximum atomic E-state index is 11.7. The van der Waals surface area contributed by atoms with E-state index in [1.54, 1.807) is 12.4 Å². The fourth-order valence-corrected chi connectivity index (χ4v) is 1.94. The molecule has 1 N–H and O–H groups in total. The van der Waals surface area contributed by atoms with Crippen molar-refractivity contribution in [2.75, 3.05) is 0 Å². The van der Waals surface area contributed by atoms with E-state index in [4.69, 9.17) is 0 Å². The summed E-state index contributed by atoms with van der Waals surface area (Å²) in [5.41, 5.74) is 5.23. The molecule has 2 aromatic rings. The first-order valence-electron chi connectivity index (χ1n) is 6.68. The lowest BCUT2D eigenvalue weighted by atomic mass is 10.0. The van der Waals surface area contributed by atoms with Crippen LogP contribution in [0.5, 0.6) is 0 Å². The van der Waals surface area contributed by atoms with E-state index in [1.807, 2.05) is 42.5 Å². The molecule has 3 rings (SSSR count). The van der Waals surface area contributed by atoms with Crippen LogP contribution in [-0.2, 0) is 4.79 Å². The minimum atomic E-state index is 0.00215. The average Bonchev–Trinajstić information content (AvgIpc) is 3.34. The van der Waals surface area contributed by atoms with Crippen LogP contribution < -0.4 is 5.43 Å². The highest BCUT2D eigenvalue weighted by Gasteiger charge is 2.29. The predicted molar refractivity (Wildman–Crippen MR) is 77.2 cm³/mol. The van der Waals surface area contributed by atoms with Gasteiger partial charge >= 0.3 is 0 Å². The van der Waals surface area contributed by atoms with Gasteiger partial charge < -0.3 is 0 Å². The smallest absolute Gasteiger partial charge is 0.243 e. The topological polar surface area (TPSA) is 54.4 Å². The molecule has 4 heteroatoms. The molecule has 0 atom stereocenters. The number of benzene rings is 1. The molecule has 4 nitrogen and oxygen atoms in total. The van der Waals surface area contributed by atoms with Crippen LogP contribution in [0.4, 0.5) is 0 Å². The SMILES string of the molecule is O=C(NN=C(c1ccccc1)c1cccnc1)C1CC1. The van der Waals surface area contributed by atoms with Crippen LogP contribution in [-0.4, -0.2) is 16.6 Å². The van der Waals surface area contributed by atoms with E-state index < -0.39 is 0 Å². The standard InChI is InChI=1S/C16H15N3O/c20-16(13-8-9-13)19-18-15(12-5-2-1-3-6-12)14-7-4-10-17-11-14/h1-7,10-11,13H,8-9H2,(H,19,20).